The number of H-pyrrole nitrogens is 1. The maximum absolute atomic E-state index is 12.4. The number of halogens is 1. The van der Waals surface area contributed by atoms with Crippen molar-refractivity contribution in [2.24, 2.45) is 5.92 Å². The van der Waals surface area contributed by atoms with Gasteiger partial charge in [-0.3, -0.25) is 9.18 Å². The number of nitrogens with one attached hydrogen (secondary N) is 1. The lowest BCUT2D eigenvalue weighted by molar-refractivity contribution is 0.0677. The van der Waals surface area contributed by atoms with E-state index in [1.54, 1.807) is 12.3 Å². The number of piperidine rings is 1. The maximum Gasteiger partial charge on any atom is 0.255 e. The second-order valence-corrected chi connectivity index (χ2v) is 4.41. The van der Waals surface area contributed by atoms with Crippen LogP contribution in [0.1, 0.15) is 28.9 Å². The van der Waals surface area contributed by atoms with Crippen LogP contribution in [0.3, 0.4) is 0 Å². The van der Waals surface area contributed by atoms with Gasteiger partial charge in [-0.15, -0.1) is 0 Å². The summed E-state index contributed by atoms with van der Waals surface area (Å²) in [7, 11) is 0. The SMILES string of the molecule is Cc1[nH]ccc1C(=O)N1CCC(CF)CC1. The van der Waals surface area contributed by atoms with Gasteiger partial charge in [0.1, 0.15) is 0 Å². The highest BCUT2D eigenvalue weighted by Gasteiger charge is 2.24. The summed E-state index contributed by atoms with van der Waals surface area (Å²) in [6.45, 7) is 2.99. The van der Waals surface area contributed by atoms with Crippen molar-refractivity contribution in [1.82, 2.24) is 9.88 Å². The molecule has 0 saturated carbocycles. The molecule has 1 N–H and O–H groups in total. The summed E-state index contributed by atoms with van der Waals surface area (Å²) in [5.74, 6) is 0.215. The molecule has 4 heteroatoms. The van der Waals surface area contributed by atoms with Crippen LogP contribution in [-0.2, 0) is 0 Å². The van der Waals surface area contributed by atoms with Gasteiger partial charge in [0.2, 0.25) is 0 Å². The number of rotatable bonds is 2. The number of aromatic nitrogens is 1. The van der Waals surface area contributed by atoms with Crippen molar-refractivity contribution >= 4 is 5.91 Å². The number of hydrogen-bond acceptors (Lipinski definition) is 1. The monoisotopic (exact) mass is 224 g/mol. The minimum absolute atomic E-state index is 0.0658. The topological polar surface area (TPSA) is 36.1 Å². The third-order valence-corrected chi connectivity index (χ3v) is 3.30. The molecule has 16 heavy (non-hydrogen) atoms. The van der Waals surface area contributed by atoms with Crippen LogP contribution in [-0.4, -0.2) is 35.6 Å². The van der Waals surface area contributed by atoms with Gasteiger partial charge >= 0.3 is 0 Å². The van der Waals surface area contributed by atoms with Crippen LogP contribution in [0, 0.1) is 12.8 Å². The zero-order valence-electron chi connectivity index (χ0n) is 9.50. The summed E-state index contributed by atoms with van der Waals surface area (Å²) in [5, 5.41) is 0. The Hall–Kier alpha value is -1.32. The molecule has 1 fully saturated rings. The number of carbonyl (C=O) groups is 1. The molecule has 0 unspecified atom stereocenters. The van der Waals surface area contributed by atoms with Gasteiger partial charge < -0.3 is 9.88 Å². The highest BCUT2D eigenvalue weighted by atomic mass is 19.1. The Labute approximate surface area is 94.6 Å². The van der Waals surface area contributed by atoms with E-state index in [0.29, 0.717) is 13.1 Å². The number of amides is 1. The van der Waals surface area contributed by atoms with Gasteiger partial charge in [-0.05, 0) is 31.7 Å². The summed E-state index contributed by atoms with van der Waals surface area (Å²) >= 11 is 0. The molecule has 1 aromatic heterocycles. The second-order valence-electron chi connectivity index (χ2n) is 4.41. The molecule has 1 aliphatic heterocycles. The van der Waals surface area contributed by atoms with E-state index in [-0.39, 0.29) is 18.5 Å². The van der Waals surface area contributed by atoms with Crippen LogP contribution in [0.4, 0.5) is 4.39 Å². The minimum atomic E-state index is -0.259. The van der Waals surface area contributed by atoms with E-state index >= 15 is 0 Å². The van der Waals surface area contributed by atoms with Crippen molar-refractivity contribution in [2.45, 2.75) is 19.8 Å². The molecule has 1 aliphatic rings. The molecule has 2 heterocycles. The first-order valence-electron chi connectivity index (χ1n) is 5.71. The van der Waals surface area contributed by atoms with Gasteiger partial charge in [0.25, 0.3) is 5.91 Å². The lowest BCUT2D eigenvalue weighted by Crippen LogP contribution is -2.39. The molecular formula is C12H17FN2O. The molecule has 0 atom stereocenters. The lowest BCUT2D eigenvalue weighted by atomic mass is 9.98. The Kier molecular flexibility index (Phi) is 3.27. The number of carbonyl (C=O) groups excluding carboxylic acids is 1. The molecule has 0 spiro atoms. The molecule has 1 saturated heterocycles. The van der Waals surface area contributed by atoms with Gasteiger partial charge in [-0.1, -0.05) is 0 Å². The van der Waals surface area contributed by atoms with E-state index in [1.165, 1.54) is 0 Å². The van der Waals surface area contributed by atoms with Gasteiger partial charge in [0, 0.05) is 25.0 Å². The molecule has 0 radical (unpaired) electrons. The zero-order chi connectivity index (χ0) is 11.5. The van der Waals surface area contributed by atoms with Crippen LogP contribution < -0.4 is 0 Å². The molecule has 1 amide bonds. The Morgan fingerprint density at radius 2 is 2.25 bits per heavy atom. The van der Waals surface area contributed by atoms with Gasteiger partial charge in [0.05, 0.1) is 12.2 Å². The van der Waals surface area contributed by atoms with Gasteiger partial charge in [-0.2, -0.15) is 0 Å². The third-order valence-electron chi connectivity index (χ3n) is 3.30. The average molecular weight is 224 g/mol. The standard InChI is InChI=1S/C12H17FN2O/c1-9-11(2-5-14-9)12(16)15-6-3-10(8-13)4-7-15/h2,5,10,14H,3-4,6-8H2,1H3. The zero-order valence-corrected chi connectivity index (χ0v) is 9.50. The predicted molar refractivity (Wildman–Crippen MR) is 60.1 cm³/mol. The number of hydrogen-bond donors (Lipinski definition) is 1. The van der Waals surface area contributed by atoms with Crippen molar-refractivity contribution in [3.05, 3.63) is 23.5 Å². The first-order chi connectivity index (χ1) is 7.72. The van der Waals surface area contributed by atoms with E-state index in [2.05, 4.69) is 4.98 Å². The van der Waals surface area contributed by atoms with Crippen molar-refractivity contribution in [3.63, 3.8) is 0 Å². The number of aromatic amines is 1. The van der Waals surface area contributed by atoms with E-state index in [0.717, 1.165) is 24.1 Å². The van der Waals surface area contributed by atoms with Gasteiger partial charge in [-0.25, -0.2) is 0 Å². The fraction of sp³-hybridized carbons (Fsp3) is 0.583. The Bertz CT molecular complexity index is 367. The summed E-state index contributed by atoms with van der Waals surface area (Å²) in [6.07, 6.45) is 3.34. The largest absolute Gasteiger partial charge is 0.365 e. The van der Waals surface area contributed by atoms with E-state index < -0.39 is 0 Å². The Morgan fingerprint density at radius 3 is 2.75 bits per heavy atom. The average Bonchev–Trinajstić information content (AvgIpc) is 2.75. The summed E-state index contributed by atoms with van der Waals surface area (Å²) < 4.78 is 12.4. The van der Waals surface area contributed by atoms with Crippen LogP contribution >= 0.6 is 0 Å². The Morgan fingerprint density at radius 1 is 1.56 bits per heavy atom. The van der Waals surface area contributed by atoms with Crippen LogP contribution in [0.15, 0.2) is 12.3 Å². The highest BCUT2D eigenvalue weighted by molar-refractivity contribution is 5.95. The van der Waals surface area contributed by atoms with Crippen molar-refractivity contribution in [2.75, 3.05) is 19.8 Å². The number of aryl methyl sites for hydroxylation is 1. The van der Waals surface area contributed by atoms with Crippen molar-refractivity contribution in [1.29, 1.82) is 0 Å². The fourth-order valence-corrected chi connectivity index (χ4v) is 2.15. The molecule has 3 nitrogen and oxygen atoms in total. The number of likely N-dealkylation sites (tertiary alicyclic amines) is 1. The molecule has 0 bridgehead atoms. The van der Waals surface area contributed by atoms with Crippen molar-refractivity contribution in [3.8, 4) is 0 Å². The smallest absolute Gasteiger partial charge is 0.255 e. The molecule has 1 aromatic rings. The van der Waals surface area contributed by atoms with Crippen LogP contribution in [0.5, 0.6) is 0 Å². The minimum Gasteiger partial charge on any atom is -0.365 e. The normalized spacial score (nSPS) is 17.8. The second kappa shape index (κ2) is 4.68. The Balaban J connectivity index is 2.00. The number of nitrogens with zero attached hydrogens (tertiary/aromatic N) is 1. The van der Waals surface area contributed by atoms with Crippen molar-refractivity contribution < 1.29 is 9.18 Å². The predicted octanol–water partition coefficient (Wildman–Crippen LogP) is 2.14. The summed E-state index contributed by atoms with van der Waals surface area (Å²) in [4.78, 5) is 16.9. The molecule has 88 valence electrons. The highest BCUT2D eigenvalue weighted by Crippen LogP contribution is 2.20. The maximum atomic E-state index is 12.4. The quantitative estimate of drug-likeness (QED) is 0.821. The number of alkyl halides is 1. The first kappa shape index (κ1) is 11.2. The summed E-state index contributed by atoms with van der Waals surface area (Å²) in [6, 6.07) is 1.80. The first-order valence-corrected chi connectivity index (χ1v) is 5.71. The van der Waals surface area contributed by atoms with E-state index in [1.807, 2.05) is 11.8 Å². The van der Waals surface area contributed by atoms with Gasteiger partial charge in [0.15, 0.2) is 0 Å². The molecular weight excluding hydrogens is 207 g/mol. The van der Waals surface area contributed by atoms with Crippen LogP contribution in [0.2, 0.25) is 0 Å². The fourth-order valence-electron chi connectivity index (χ4n) is 2.15. The lowest BCUT2D eigenvalue weighted by Gasteiger charge is -2.30. The molecule has 2 rings (SSSR count). The third kappa shape index (κ3) is 2.10. The molecule has 0 aromatic carbocycles. The van der Waals surface area contributed by atoms with Crippen LogP contribution in [0.25, 0.3) is 0 Å². The van der Waals surface area contributed by atoms with E-state index in [9.17, 15) is 9.18 Å². The summed E-state index contributed by atoms with van der Waals surface area (Å²) in [5.41, 5.74) is 1.64. The van der Waals surface area contributed by atoms with E-state index in [4.69, 9.17) is 0 Å². The molecule has 0 aliphatic carbocycles.